The first-order valence-electron chi connectivity index (χ1n) is 12.5. The van der Waals surface area contributed by atoms with Crippen LogP contribution in [0, 0.1) is 0 Å². The van der Waals surface area contributed by atoms with Crippen molar-refractivity contribution < 1.29 is 24.2 Å². The van der Waals surface area contributed by atoms with E-state index in [0.29, 0.717) is 40.0 Å². The Hall–Kier alpha value is -4.63. The van der Waals surface area contributed by atoms with Crippen LogP contribution in [0.15, 0.2) is 77.8 Å². The van der Waals surface area contributed by atoms with E-state index in [-0.39, 0.29) is 17.5 Å². The summed E-state index contributed by atoms with van der Waals surface area (Å²) in [6, 6.07) is 21.6. The fourth-order valence-electron chi connectivity index (χ4n) is 4.22. The Bertz CT molecular complexity index is 1480. The first-order chi connectivity index (χ1) is 18.8. The van der Waals surface area contributed by atoms with Crippen LogP contribution in [0.3, 0.4) is 0 Å². The van der Waals surface area contributed by atoms with E-state index in [9.17, 15) is 14.7 Å². The Morgan fingerprint density at radius 2 is 1.64 bits per heavy atom. The second kappa shape index (κ2) is 12.3. The van der Waals surface area contributed by atoms with Gasteiger partial charge in [-0.15, -0.1) is 0 Å². The third-order valence-electron chi connectivity index (χ3n) is 6.20. The lowest BCUT2D eigenvalue weighted by atomic mass is 10.0. The zero-order chi connectivity index (χ0) is 27.9. The minimum Gasteiger partial charge on any atom is -0.494 e. The number of aromatic amines is 1. The number of nitrogens with zero attached hydrogens (tertiary/aromatic N) is 3. The molecule has 39 heavy (non-hydrogen) atoms. The third-order valence-corrected chi connectivity index (χ3v) is 6.20. The van der Waals surface area contributed by atoms with Gasteiger partial charge >= 0.3 is 6.16 Å². The molecular formula is C30H32N4O5. The Labute approximate surface area is 227 Å². The summed E-state index contributed by atoms with van der Waals surface area (Å²) in [5, 5.41) is 11.6. The van der Waals surface area contributed by atoms with Gasteiger partial charge in [0.15, 0.2) is 5.88 Å². The molecule has 0 spiro atoms. The number of aliphatic imine (C=N–C) groups is 1. The van der Waals surface area contributed by atoms with Crippen molar-refractivity contribution in [2.24, 2.45) is 4.99 Å². The molecule has 0 atom stereocenters. The van der Waals surface area contributed by atoms with Gasteiger partial charge in [0.2, 0.25) is 0 Å². The van der Waals surface area contributed by atoms with Crippen molar-refractivity contribution in [2.75, 3.05) is 41.3 Å². The quantitative estimate of drug-likeness (QED) is 0.175. The van der Waals surface area contributed by atoms with E-state index in [0.717, 1.165) is 18.5 Å². The van der Waals surface area contributed by atoms with Crippen LogP contribution in [0.1, 0.15) is 27.9 Å². The second-order valence-electron chi connectivity index (χ2n) is 9.37. The molecule has 4 rings (SSSR count). The molecule has 0 saturated carbocycles. The first-order valence-corrected chi connectivity index (χ1v) is 12.5. The van der Waals surface area contributed by atoms with Gasteiger partial charge in [-0.05, 0) is 63.5 Å². The van der Waals surface area contributed by atoms with Gasteiger partial charge in [0.1, 0.15) is 5.75 Å². The van der Waals surface area contributed by atoms with Crippen molar-refractivity contribution >= 4 is 34.4 Å². The SMILES string of the molecule is COC(=O)Oc1ccc2c(C(=Nc3ccc(C(=O)N(C)CCCN(C)C)cc3)c3ccccc3)c(O)[nH]c2c1. The molecule has 9 heteroatoms. The van der Waals surface area contributed by atoms with Gasteiger partial charge in [0, 0.05) is 36.2 Å². The summed E-state index contributed by atoms with van der Waals surface area (Å²) in [5.74, 6) is 0.146. The topological polar surface area (TPSA) is 107 Å². The summed E-state index contributed by atoms with van der Waals surface area (Å²) < 4.78 is 9.67. The van der Waals surface area contributed by atoms with Gasteiger partial charge in [0.05, 0.1) is 29.6 Å². The molecule has 202 valence electrons. The maximum Gasteiger partial charge on any atom is 0.513 e. The van der Waals surface area contributed by atoms with E-state index in [1.807, 2.05) is 44.4 Å². The number of benzene rings is 3. The molecule has 1 heterocycles. The highest BCUT2D eigenvalue weighted by atomic mass is 16.7. The standard InChI is InChI=1S/C30H32N4O5/c1-33(2)17-8-18-34(3)29(36)21-11-13-22(14-12-21)31-27(20-9-6-5-7-10-20)26-24-16-15-23(39-30(37)38-4)19-25(24)32-28(26)35/h5-7,9-16,19,32,35H,8,17-18H2,1-4H3. The van der Waals surface area contributed by atoms with Crippen LogP contribution in [0.5, 0.6) is 11.6 Å². The summed E-state index contributed by atoms with van der Waals surface area (Å²) in [5.41, 5.74) is 3.60. The molecule has 0 aliphatic heterocycles. The summed E-state index contributed by atoms with van der Waals surface area (Å²) in [7, 11) is 7.06. The fraction of sp³-hybridized carbons (Fsp3) is 0.233. The number of amides is 1. The Kier molecular flexibility index (Phi) is 8.63. The Morgan fingerprint density at radius 3 is 2.31 bits per heavy atom. The smallest absolute Gasteiger partial charge is 0.494 e. The largest absolute Gasteiger partial charge is 0.513 e. The number of aromatic hydroxyl groups is 1. The van der Waals surface area contributed by atoms with Crippen LogP contribution >= 0.6 is 0 Å². The molecule has 1 aromatic heterocycles. The van der Waals surface area contributed by atoms with Crippen LogP contribution in [0.4, 0.5) is 10.5 Å². The van der Waals surface area contributed by atoms with E-state index < -0.39 is 6.16 Å². The number of ether oxygens (including phenoxy) is 2. The lowest BCUT2D eigenvalue weighted by Gasteiger charge is -2.18. The van der Waals surface area contributed by atoms with Gasteiger partial charge < -0.3 is 29.4 Å². The number of carbonyl (C=O) groups excluding carboxylic acids is 2. The van der Waals surface area contributed by atoms with Gasteiger partial charge in [0.25, 0.3) is 5.91 Å². The molecule has 0 aliphatic carbocycles. The highest BCUT2D eigenvalue weighted by Crippen LogP contribution is 2.33. The zero-order valence-electron chi connectivity index (χ0n) is 22.5. The summed E-state index contributed by atoms with van der Waals surface area (Å²) in [4.78, 5) is 36.0. The van der Waals surface area contributed by atoms with Crippen LogP contribution in [-0.2, 0) is 4.74 Å². The van der Waals surface area contributed by atoms with Crippen LogP contribution in [0.25, 0.3) is 10.9 Å². The molecule has 3 aromatic carbocycles. The van der Waals surface area contributed by atoms with Crippen LogP contribution < -0.4 is 4.74 Å². The number of hydrogen-bond donors (Lipinski definition) is 2. The second-order valence-corrected chi connectivity index (χ2v) is 9.37. The molecule has 0 saturated heterocycles. The molecule has 0 unspecified atom stereocenters. The van der Waals surface area contributed by atoms with E-state index in [1.54, 1.807) is 54.4 Å². The molecule has 0 bridgehead atoms. The van der Waals surface area contributed by atoms with Gasteiger partial charge in [-0.2, -0.15) is 0 Å². The average Bonchev–Trinajstić information content (AvgIpc) is 3.26. The van der Waals surface area contributed by atoms with Gasteiger partial charge in [-0.3, -0.25) is 4.79 Å². The van der Waals surface area contributed by atoms with E-state index in [4.69, 9.17) is 9.73 Å². The maximum atomic E-state index is 12.9. The third kappa shape index (κ3) is 6.63. The predicted octanol–water partition coefficient (Wildman–Crippen LogP) is 5.21. The molecular weight excluding hydrogens is 496 g/mol. The molecule has 0 radical (unpaired) electrons. The fourth-order valence-corrected chi connectivity index (χ4v) is 4.22. The molecule has 4 aromatic rings. The minimum atomic E-state index is -0.835. The first kappa shape index (κ1) is 27.4. The van der Waals surface area contributed by atoms with Crippen molar-refractivity contribution in [2.45, 2.75) is 6.42 Å². The molecule has 2 N–H and O–H groups in total. The normalized spacial score (nSPS) is 11.6. The summed E-state index contributed by atoms with van der Waals surface area (Å²) in [6.45, 7) is 1.58. The zero-order valence-corrected chi connectivity index (χ0v) is 22.5. The molecule has 9 nitrogen and oxygen atoms in total. The number of hydrogen-bond acceptors (Lipinski definition) is 7. The molecule has 1 amide bonds. The number of H-pyrrole nitrogens is 1. The summed E-state index contributed by atoms with van der Waals surface area (Å²) >= 11 is 0. The minimum absolute atomic E-state index is 0.0492. The number of carbonyl (C=O) groups is 2. The Morgan fingerprint density at radius 1 is 0.923 bits per heavy atom. The van der Waals surface area contributed by atoms with E-state index in [2.05, 4.69) is 14.6 Å². The van der Waals surface area contributed by atoms with Crippen molar-refractivity contribution in [1.82, 2.24) is 14.8 Å². The van der Waals surface area contributed by atoms with E-state index >= 15 is 0 Å². The van der Waals surface area contributed by atoms with Crippen LogP contribution in [0.2, 0.25) is 0 Å². The lowest BCUT2D eigenvalue weighted by molar-refractivity contribution is 0.0790. The number of methoxy groups -OCH3 is 1. The highest BCUT2D eigenvalue weighted by Gasteiger charge is 2.20. The number of fused-ring (bicyclic) bond motifs is 1. The predicted molar refractivity (Wildman–Crippen MR) is 151 cm³/mol. The van der Waals surface area contributed by atoms with Crippen molar-refractivity contribution in [3.05, 3.63) is 89.5 Å². The van der Waals surface area contributed by atoms with Crippen molar-refractivity contribution in [3.8, 4) is 11.6 Å². The van der Waals surface area contributed by atoms with Gasteiger partial charge in [-0.25, -0.2) is 9.79 Å². The number of nitrogens with one attached hydrogen (secondary N) is 1. The van der Waals surface area contributed by atoms with Gasteiger partial charge in [-0.1, -0.05) is 30.3 Å². The van der Waals surface area contributed by atoms with Crippen LogP contribution in [-0.4, -0.2) is 79.0 Å². The Balaban J connectivity index is 1.67. The number of aromatic nitrogens is 1. The van der Waals surface area contributed by atoms with E-state index in [1.165, 1.54) is 7.11 Å². The van der Waals surface area contributed by atoms with Crippen molar-refractivity contribution in [1.29, 1.82) is 0 Å². The summed E-state index contributed by atoms with van der Waals surface area (Å²) in [6.07, 6.45) is 0.0567. The molecule has 0 fully saturated rings. The molecule has 0 aliphatic rings. The monoisotopic (exact) mass is 528 g/mol. The maximum absolute atomic E-state index is 12.9. The highest BCUT2D eigenvalue weighted by molar-refractivity contribution is 6.22. The average molecular weight is 529 g/mol. The van der Waals surface area contributed by atoms with Crippen molar-refractivity contribution in [3.63, 3.8) is 0 Å². The number of rotatable bonds is 9. The lowest BCUT2D eigenvalue weighted by Crippen LogP contribution is -2.29.